The topological polar surface area (TPSA) is 42.0 Å². The molecule has 0 aliphatic rings. The van der Waals surface area contributed by atoms with Crippen LogP contribution in [-0.4, -0.2) is 10.9 Å². The molecule has 0 atom stereocenters. The largest absolute Gasteiger partial charge is 0.322 e. The highest BCUT2D eigenvalue weighted by Crippen LogP contribution is 2.30. The van der Waals surface area contributed by atoms with E-state index in [1.165, 1.54) is 12.1 Å². The molecule has 1 aromatic heterocycles. The van der Waals surface area contributed by atoms with Crippen molar-refractivity contribution in [2.24, 2.45) is 0 Å². The Balaban J connectivity index is 1.57. The van der Waals surface area contributed by atoms with Gasteiger partial charge in [-0.1, -0.05) is 54.6 Å². The molecule has 1 N–H and O–H groups in total. The van der Waals surface area contributed by atoms with E-state index >= 15 is 0 Å². The van der Waals surface area contributed by atoms with Gasteiger partial charge < -0.3 is 5.32 Å². The van der Waals surface area contributed by atoms with Crippen LogP contribution in [0.4, 0.5) is 10.1 Å². The molecule has 3 nitrogen and oxygen atoms in total. The van der Waals surface area contributed by atoms with Crippen LogP contribution in [-0.2, 0) is 0 Å². The summed E-state index contributed by atoms with van der Waals surface area (Å²) >= 11 is 1.57. The molecule has 0 saturated heterocycles. The molecule has 0 spiro atoms. The van der Waals surface area contributed by atoms with E-state index in [-0.39, 0.29) is 5.56 Å². The summed E-state index contributed by atoms with van der Waals surface area (Å²) < 4.78 is 13.8. The van der Waals surface area contributed by atoms with Crippen molar-refractivity contribution in [1.29, 1.82) is 0 Å². The standard InChI is InChI=1S/C22H15FN2OS/c23-19-12-5-4-11-18(19)21(26)24-17-10-6-9-16(13-17)20-14-27-22(25-20)15-7-2-1-3-8-15/h1-14H,(H,24,26). The molecule has 0 unspecified atom stereocenters. The Bertz CT molecular complexity index is 1090. The molecule has 132 valence electrons. The van der Waals surface area contributed by atoms with Crippen LogP contribution in [0, 0.1) is 5.82 Å². The molecule has 4 rings (SSSR count). The minimum atomic E-state index is -0.543. The number of amides is 1. The number of anilines is 1. The Morgan fingerprint density at radius 3 is 2.44 bits per heavy atom. The average molecular weight is 374 g/mol. The highest BCUT2D eigenvalue weighted by atomic mass is 32.1. The van der Waals surface area contributed by atoms with Crippen LogP contribution < -0.4 is 5.32 Å². The Labute approximate surface area is 160 Å². The number of hydrogen-bond donors (Lipinski definition) is 1. The lowest BCUT2D eigenvalue weighted by Gasteiger charge is -2.07. The van der Waals surface area contributed by atoms with E-state index < -0.39 is 11.7 Å². The quantitative estimate of drug-likeness (QED) is 0.485. The van der Waals surface area contributed by atoms with Crippen molar-refractivity contribution in [3.8, 4) is 21.8 Å². The van der Waals surface area contributed by atoms with E-state index in [1.54, 1.807) is 29.5 Å². The van der Waals surface area contributed by atoms with Crippen molar-refractivity contribution in [3.63, 3.8) is 0 Å². The number of nitrogens with zero attached hydrogens (tertiary/aromatic N) is 1. The van der Waals surface area contributed by atoms with E-state index in [1.807, 2.05) is 53.9 Å². The third-order valence-corrected chi connectivity index (χ3v) is 4.95. The normalized spacial score (nSPS) is 10.6. The number of carbonyl (C=O) groups excluding carboxylic acids is 1. The average Bonchev–Trinajstić information content (AvgIpc) is 3.19. The van der Waals surface area contributed by atoms with Crippen LogP contribution in [0.3, 0.4) is 0 Å². The summed E-state index contributed by atoms with van der Waals surface area (Å²) in [7, 11) is 0. The fraction of sp³-hybridized carbons (Fsp3) is 0. The zero-order chi connectivity index (χ0) is 18.6. The van der Waals surface area contributed by atoms with Crippen molar-refractivity contribution < 1.29 is 9.18 Å². The lowest BCUT2D eigenvalue weighted by atomic mass is 10.1. The summed E-state index contributed by atoms with van der Waals surface area (Å²) in [6, 6.07) is 23.3. The molecule has 0 aliphatic carbocycles. The SMILES string of the molecule is O=C(Nc1cccc(-c2csc(-c3ccccc3)n2)c1)c1ccccc1F. The fourth-order valence-corrected chi connectivity index (χ4v) is 3.55. The summed E-state index contributed by atoms with van der Waals surface area (Å²) in [5.41, 5.74) is 3.40. The van der Waals surface area contributed by atoms with Gasteiger partial charge in [-0.25, -0.2) is 9.37 Å². The van der Waals surface area contributed by atoms with Gasteiger partial charge in [0.1, 0.15) is 10.8 Å². The highest BCUT2D eigenvalue weighted by Gasteiger charge is 2.12. The van der Waals surface area contributed by atoms with E-state index in [0.717, 1.165) is 21.8 Å². The van der Waals surface area contributed by atoms with Crippen LogP contribution in [0.15, 0.2) is 84.2 Å². The van der Waals surface area contributed by atoms with Gasteiger partial charge in [-0.05, 0) is 24.3 Å². The van der Waals surface area contributed by atoms with Gasteiger partial charge in [-0.2, -0.15) is 0 Å². The summed E-state index contributed by atoms with van der Waals surface area (Å²) in [6.07, 6.45) is 0. The first-order valence-electron chi connectivity index (χ1n) is 8.38. The van der Waals surface area contributed by atoms with E-state index in [2.05, 4.69) is 10.3 Å². The van der Waals surface area contributed by atoms with Crippen molar-refractivity contribution in [3.05, 3.63) is 95.6 Å². The maximum absolute atomic E-state index is 13.8. The Morgan fingerprint density at radius 2 is 1.63 bits per heavy atom. The molecule has 0 bridgehead atoms. The van der Waals surface area contributed by atoms with Crippen LogP contribution in [0.2, 0.25) is 0 Å². The molecule has 0 radical (unpaired) electrons. The van der Waals surface area contributed by atoms with Gasteiger partial charge in [-0.15, -0.1) is 11.3 Å². The Hall–Kier alpha value is -3.31. The molecule has 3 aromatic carbocycles. The lowest BCUT2D eigenvalue weighted by molar-refractivity contribution is 0.102. The molecule has 0 fully saturated rings. The molecule has 5 heteroatoms. The summed E-state index contributed by atoms with van der Waals surface area (Å²) in [6.45, 7) is 0. The highest BCUT2D eigenvalue weighted by molar-refractivity contribution is 7.13. The van der Waals surface area contributed by atoms with Crippen molar-refractivity contribution in [1.82, 2.24) is 4.98 Å². The first-order chi connectivity index (χ1) is 13.2. The molecular formula is C22H15FN2OS. The third-order valence-electron chi connectivity index (χ3n) is 4.06. The molecule has 0 saturated carbocycles. The van der Waals surface area contributed by atoms with E-state index in [0.29, 0.717) is 5.69 Å². The lowest BCUT2D eigenvalue weighted by Crippen LogP contribution is -2.13. The van der Waals surface area contributed by atoms with Crippen LogP contribution >= 0.6 is 11.3 Å². The van der Waals surface area contributed by atoms with Gasteiger partial charge in [-0.3, -0.25) is 4.79 Å². The van der Waals surface area contributed by atoms with Crippen LogP contribution in [0.5, 0.6) is 0 Å². The third kappa shape index (κ3) is 3.78. The monoisotopic (exact) mass is 374 g/mol. The maximum Gasteiger partial charge on any atom is 0.258 e. The number of halogens is 1. The van der Waals surface area contributed by atoms with Gasteiger partial charge >= 0.3 is 0 Å². The van der Waals surface area contributed by atoms with Gasteiger partial charge in [0.25, 0.3) is 5.91 Å². The smallest absolute Gasteiger partial charge is 0.258 e. The summed E-state index contributed by atoms with van der Waals surface area (Å²) in [5.74, 6) is -1.02. The van der Waals surface area contributed by atoms with Gasteiger partial charge in [0.2, 0.25) is 0 Å². The number of hydrogen-bond acceptors (Lipinski definition) is 3. The van der Waals surface area contributed by atoms with Crippen LogP contribution in [0.1, 0.15) is 10.4 Å². The van der Waals surface area contributed by atoms with Gasteiger partial charge in [0.15, 0.2) is 0 Å². The molecule has 1 heterocycles. The first kappa shape index (κ1) is 17.1. The number of nitrogens with one attached hydrogen (secondary N) is 1. The minimum absolute atomic E-state index is 0.0166. The van der Waals surface area contributed by atoms with Crippen molar-refractivity contribution >= 4 is 22.9 Å². The van der Waals surface area contributed by atoms with E-state index in [4.69, 9.17) is 0 Å². The fourth-order valence-electron chi connectivity index (χ4n) is 2.72. The Kier molecular flexibility index (Phi) is 4.77. The van der Waals surface area contributed by atoms with Gasteiger partial charge in [0.05, 0.1) is 11.3 Å². The van der Waals surface area contributed by atoms with Crippen molar-refractivity contribution in [2.75, 3.05) is 5.32 Å². The minimum Gasteiger partial charge on any atom is -0.322 e. The second kappa shape index (κ2) is 7.51. The number of aromatic nitrogens is 1. The second-order valence-electron chi connectivity index (χ2n) is 5.92. The number of carbonyl (C=O) groups is 1. The summed E-state index contributed by atoms with van der Waals surface area (Å²) in [4.78, 5) is 17.0. The van der Waals surface area contributed by atoms with E-state index in [9.17, 15) is 9.18 Å². The summed E-state index contributed by atoms with van der Waals surface area (Å²) in [5, 5.41) is 5.67. The van der Waals surface area contributed by atoms with Crippen LogP contribution in [0.25, 0.3) is 21.8 Å². The van der Waals surface area contributed by atoms with Gasteiger partial charge in [0, 0.05) is 22.2 Å². The second-order valence-corrected chi connectivity index (χ2v) is 6.78. The number of rotatable bonds is 4. The molecule has 4 aromatic rings. The predicted octanol–water partition coefficient (Wildman–Crippen LogP) is 5.87. The molecular weight excluding hydrogens is 359 g/mol. The molecule has 1 amide bonds. The first-order valence-corrected chi connectivity index (χ1v) is 9.26. The molecule has 0 aliphatic heterocycles. The number of thiazole rings is 1. The maximum atomic E-state index is 13.8. The molecule has 27 heavy (non-hydrogen) atoms. The Morgan fingerprint density at radius 1 is 0.889 bits per heavy atom. The van der Waals surface area contributed by atoms with Crippen molar-refractivity contribution in [2.45, 2.75) is 0 Å². The zero-order valence-electron chi connectivity index (χ0n) is 14.2. The number of benzene rings is 3. The predicted molar refractivity (Wildman–Crippen MR) is 107 cm³/mol. The zero-order valence-corrected chi connectivity index (χ0v) is 15.0.